The molecule has 1 aliphatic carbocycles. The van der Waals surface area contributed by atoms with E-state index in [0.717, 1.165) is 11.4 Å². The average molecular weight is 331 g/mol. The Labute approximate surface area is 143 Å². The van der Waals surface area contributed by atoms with Gasteiger partial charge in [0.25, 0.3) is 5.91 Å². The van der Waals surface area contributed by atoms with Gasteiger partial charge in [0.2, 0.25) is 0 Å². The van der Waals surface area contributed by atoms with Crippen molar-refractivity contribution in [3.8, 4) is 11.3 Å². The molecule has 1 amide bonds. The molecule has 1 saturated carbocycles. The van der Waals surface area contributed by atoms with E-state index in [2.05, 4.69) is 26.7 Å². The maximum atomic E-state index is 13.3. The molecule has 1 aromatic heterocycles. The highest BCUT2D eigenvalue weighted by molar-refractivity contribution is 6.07. The highest BCUT2D eigenvalue weighted by Crippen LogP contribution is 2.52. The quantitative estimate of drug-likeness (QED) is 0.680. The van der Waals surface area contributed by atoms with Crippen LogP contribution in [-0.4, -0.2) is 21.2 Å². The van der Waals surface area contributed by atoms with Crippen molar-refractivity contribution < 1.29 is 9.18 Å². The number of hydrogen-bond acceptors (Lipinski definition) is 2. The summed E-state index contributed by atoms with van der Waals surface area (Å²) in [5.74, 6) is -0.814. The van der Waals surface area contributed by atoms with Crippen LogP contribution in [0.1, 0.15) is 28.8 Å². The summed E-state index contributed by atoms with van der Waals surface area (Å²) in [4.78, 5) is 20.8. The van der Waals surface area contributed by atoms with Gasteiger partial charge in [-0.25, -0.2) is 14.4 Å². The van der Waals surface area contributed by atoms with E-state index in [0.29, 0.717) is 12.8 Å². The number of amides is 1. The molecule has 0 atom stereocenters. The third-order valence-corrected chi connectivity index (χ3v) is 5.13. The van der Waals surface area contributed by atoms with Crippen molar-refractivity contribution in [2.45, 2.75) is 18.4 Å². The van der Waals surface area contributed by atoms with Crippen molar-refractivity contribution in [3.63, 3.8) is 0 Å². The maximum Gasteiger partial charge on any atom is 0.277 e. The smallest absolute Gasteiger partial charge is 0.277 e. The van der Waals surface area contributed by atoms with E-state index in [1.54, 1.807) is 6.07 Å². The van der Waals surface area contributed by atoms with Crippen LogP contribution in [0.25, 0.3) is 11.3 Å². The van der Waals surface area contributed by atoms with Crippen LogP contribution in [0.4, 0.5) is 4.39 Å². The zero-order valence-corrected chi connectivity index (χ0v) is 13.3. The summed E-state index contributed by atoms with van der Waals surface area (Å²) in [6.07, 6.45) is 5.07. The first kappa shape index (κ1) is 14.3. The number of aliphatic imine (C=N–C) groups is 1. The number of aromatic nitrogens is 2. The van der Waals surface area contributed by atoms with E-state index < -0.39 is 5.82 Å². The van der Waals surface area contributed by atoms with Gasteiger partial charge in [-0.05, 0) is 23.8 Å². The largest absolute Gasteiger partial charge is 0.319 e. The molecule has 0 radical (unpaired) electrons. The summed E-state index contributed by atoms with van der Waals surface area (Å²) in [7, 11) is 0. The number of carbonyl (C=O) groups excluding carboxylic acids is 1. The van der Waals surface area contributed by atoms with Gasteiger partial charge in [0, 0.05) is 29.7 Å². The van der Waals surface area contributed by atoms with Crippen molar-refractivity contribution in [3.05, 3.63) is 78.0 Å². The van der Waals surface area contributed by atoms with Gasteiger partial charge in [0.05, 0.1) is 23.8 Å². The molecule has 5 heteroatoms. The minimum atomic E-state index is -0.427. The molecule has 3 aromatic rings. The summed E-state index contributed by atoms with van der Waals surface area (Å²) in [5.41, 5.74) is 4.48. The first-order chi connectivity index (χ1) is 12.2. The second-order valence-electron chi connectivity index (χ2n) is 6.57. The lowest BCUT2D eigenvalue weighted by molar-refractivity contribution is 0.100. The van der Waals surface area contributed by atoms with Crippen LogP contribution in [0.2, 0.25) is 0 Å². The maximum absolute atomic E-state index is 13.3. The SMILES string of the molecule is O=C(N=C1CC2(C1)c1ccccc1-c1cncn12)c1cccc(F)c1. The Morgan fingerprint density at radius 1 is 1.16 bits per heavy atom. The molecule has 1 aliphatic heterocycles. The second-order valence-corrected chi connectivity index (χ2v) is 6.57. The second kappa shape index (κ2) is 4.96. The van der Waals surface area contributed by atoms with Gasteiger partial charge in [-0.15, -0.1) is 0 Å². The minimum absolute atomic E-state index is 0.191. The summed E-state index contributed by atoms with van der Waals surface area (Å²) < 4.78 is 15.5. The molecule has 4 nitrogen and oxygen atoms in total. The standard InChI is InChI=1S/C20H14FN3O/c21-14-5-3-4-13(8-14)19(25)23-15-9-20(10-15)17-7-2-1-6-16(17)18-11-22-12-24(18)20/h1-8,11-12H,9-10H2. The highest BCUT2D eigenvalue weighted by Gasteiger charge is 2.50. The molecule has 25 heavy (non-hydrogen) atoms. The van der Waals surface area contributed by atoms with Crippen LogP contribution in [-0.2, 0) is 5.54 Å². The molecular formula is C20H14FN3O. The molecule has 0 unspecified atom stereocenters. The predicted octanol–water partition coefficient (Wildman–Crippen LogP) is 3.82. The average Bonchev–Trinajstić information content (AvgIpc) is 3.16. The molecular weight excluding hydrogens is 317 g/mol. The van der Waals surface area contributed by atoms with E-state index >= 15 is 0 Å². The monoisotopic (exact) mass is 331 g/mol. The fraction of sp³-hybridized carbons (Fsp3) is 0.150. The topological polar surface area (TPSA) is 47.2 Å². The molecule has 2 aliphatic rings. The van der Waals surface area contributed by atoms with Crippen molar-refractivity contribution in [1.82, 2.24) is 9.55 Å². The van der Waals surface area contributed by atoms with Gasteiger partial charge in [0.15, 0.2) is 0 Å². The van der Waals surface area contributed by atoms with Crippen LogP contribution in [0.5, 0.6) is 0 Å². The van der Waals surface area contributed by atoms with Crippen LogP contribution in [0.15, 0.2) is 66.0 Å². The summed E-state index contributed by atoms with van der Waals surface area (Å²) in [5, 5.41) is 0. The van der Waals surface area contributed by atoms with E-state index in [9.17, 15) is 9.18 Å². The Bertz CT molecular complexity index is 1040. The van der Waals surface area contributed by atoms with Gasteiger partial charge >= 0.3 is 0 Å². The van der Waals surface area contributed by atoms with Gasteiger partial charge in [0.1, 0.15) is 5.82 Å². The van der Waals surface area contributed by atoms with Crippen LogP contribution in [0.3, 0.4) is 0 Å². The lowest BCUT2D eigenvalue weighted by atomic mass is 9.70. The lowest BCUT2D eigenvalue weighted by Gasteiger charge is -2.42. The van der Waals surface area contributed by atoms with E-state index in [4.69, 9.17) is 0 Å². The Hall–Kier alpha value is -3.08. The zero-order valence-electron chi connectivity index (χ0n) is 13.3. The summed E-state index contributed by atoms with van der Waals surface area (Å²) in [6, 6.07) is 13.9. The van der Waals surface area contributed by atoms with Crippen LogP contribution < -0.4 is 0 Å². The fourth-order valence-corrected chi connectivity index (χ4v) is 3.97. The number of benzene rings is 2. The number of halogens is 1. The van der Waals surface area contributed by atoms with Crippen LogP contribution in [0, 0.1) is 5.82 Å². The van der Waals surface area contributed by atoms with Gasteiger partial charge in [-0.2, -0.15) is 0 Å². The Morgan fingerprint density at radius 3 is 2.84 bits per heavy atom. The van der Waals surface area contributed by atoms with Crippen molar-refractivity contribution >= 4 is 11.6 Å². The van der Waals surface area contributed by atoms with Gasteiger partial charge in [-0.1, -0.05) is 30.3 Å². The van der Waals surface area contributed by atoms with Crippen molar-refractivity contribution in [2.75, 3.05) is 0 Å². The molecule has 0 N–H and O–H groups in total. The summed E-state index contributed by atoms with van der Waals surface area (Å²) >= 11 is 0. The number of nitrogens with zero attached hydrogens (tertiary/aromatic N) is 3. The zero-order chi connectivity index (χ0) is 17.0. The lowest BCUT2D eigenvalue weighted by Crippen LogP contribution is -2.45. The molecule has 0 saturated heterocycles. The fourth-order valence-electron chi connectivity index (χ4n) is 3.97. The third kappa shape index (κ3) is 1.95. The molecule has 1 fully saturated rings. The highest BCUT2D eigenvalue weighted by atomic mass is 19.1. The van der Waals surface area contributed by atoms with E-state index in [-0.39, 0.29) is 17.0 Å². The number of hydrogen-bond donors (Lipinski definition) is 0. The normalized spacial score (nSPS) is 20.1. The Morgan fingerprint density at radius 2 is 2.00 bits per heavy atom. The van der Waals surface area contributed by atoms with Gasteiger partial charge in [-0.3, -0.25) is 4.79 Å². The Balaban J connectivity index is 1.48. The first-order valence-corrected chi connectivity index (χ1v) is 8.16. The molecule has 122 valence electrons. The number of carbonyl (C=O) groups is 1. The molecule has 5 rings (SSSR count). The van der Waals surface area contributed by atoms with Gasteiger partial charge < -0.3 is 4.57 Å². The molecule has 1 spiro atoms. The van der Waals surface area contributed by atoms with E-state index in [1.807, 2.05) is 24.7 Å². The van der Waals surface area contributed by atoms with Crippen molar-refractivity contribution in [2.24, 2.45) is 4.99 Å². The number of imidazole rings is 1. The summed E-state index contributed by atoms with van der Waals surface area (Å²) in [6.45, 7) is 0. The van der Waals surface area contributed by atoms with E-state index in [1.165, 1.54) is 29.3 Å². The first-order valence-electron chi connectivity index (χ1n) is 8.16. The number of fused-ring (bicyclic) bond motifs is 5. The molecule has 0 bridgehead atoms. The van der Waals surface area contributed by atoms with Crippen LogP contribution >= 0.6 is 0 Å². The molecule has 2 heterocycles. The predicted molar refractivity (Wildman–Crippen MR) is 92.1 cm³/mol. The minimum Gasteiger partial charge on any atom is -0.319 e. The molecule has 2 aromatic carbocycles. The Kier molecular flexibility index (Phi) is 2.83. The number of rotatable bonds is 1. The van der Waals surface area contributed by atoms with Crippen molar-refractivity contribution in [1.29, 1.82) is 0 Å². The third-order valence-electron chi connectivity index (χ3n) is 5.13.